The number of terminal acetylenes is 1. The van der Waals surface area contributed by atoms with E-state index in [0.717, 1.165) is 26.1 Å². The molecule has 0 bridgehead atoms. The molecule has 0 aliphatic carbocycles. The molecule has 0 radical (unpaired) electrons. The zero-order valence-corrected chi connectivity index (χ0v) is 8.46. The maximum atomic E-state index is 5.64. The monoisotopic (exact) mass is 181 g/mol. The Bertz CT molecular complexity index is 167. The average molecular weight is 181 g/mol. The van der Waals surface area contributed by atoms with Gasteiger partial charge in [-0.15, -0.1) is 12.3 Å². The van der Waals surface area contributed by atoms with Gasteiger partial charge in [-0.25, -0.2) is 0 Å². The van der Waals surface area contributed by atoms with Gasteiger partial charge in [0.2, 0.25) is 0 Å². The highest BCUT2D eigenvalue weighted by Crippen LogP contribution is 2.13. The predicted octanol–water partition coefficient (Wildman–Crippen LogP) is 1.51. The van der Waals surface area contributed by atoms with Crippen molar-refractivity contribution >= 4 is 0 Å². The molecule has 1 saturated heterocycles. The minimum absolute atomic E-state index is 0.441. The van der Waals surface area contributed by atoms with Crippen LogP contribution in [0.4, 0.5) is 0 Å². The van der Waals surface area contributed by atoms with Gasteiger partial charge in [-0.1, -0.05) is 0 Å². The lowest BCUT2D eigenvalue weighted by Crippen LogP contribution is -2.33. The molecule has 1 unspecified atom stereocenters. The van der Waals surface area contributed by atoms with E-state index in [0.29, 0.717) is 6.10 Å². The molecule has 1 aliphatic heterocycles. The second-order valence-electron chi connectivity index (χ2n) is 3.70. The van der Waals surface area contributed by atoms with Crippen molar-refractivity contribution in [2.45, 2.75) is 31.8 Å². The molecule has 1 atom stereocenters. The van der Waals surface area contributed by atoms with Gasteiger partial charge in [-0.05, 0) is 26.3 Å². The highest BCUT2D eigenvalue weighted by atomic mass is 16.5. The van der Waals surface area contributed by atoms with E-state index in [1.54, 1.807) is 0 Å². The van der Waals surface area contributed by atoms with Gasteiger partial charge in [0.05, 0.1) is 6.10 Å². The van der Waals surface area contributed by atoms with E-state index in [1.165, 1.54) is 19.3 Å². The van der Waals surface area contributed by atoms with Crippen LogP contribution in [0.3, 0.4) is 0 Å². The van der Waals surface area contributed by atoms with Gasteiger partial charge < -0.3 is 9.64 Å². The average Bonchev–Trinajstić information content (AvgIpc) is 2.16. The fraction of sp³-hybridized carbons (Fsp3) is 0.818. The van der Waals surface area contributed by atoms with Gasteiger partial charge in [0.15, 0.2) is 0 Å². The molecule has 13 heavy (non-hydrogen) atoms. The molecule has 74 valence electrons. The Morgan fingerprint density at radius 2 is 2.38 bits per heavy atom. The van der Waals surface area contributed by atoms with Crippen molar-refractivity contribution in [1.29, 1.82) is 0 Å². The van der Waals surface area contributed by atoms with E-state index in [4.69, 9.17) is 11.2 Å². The molecular formula is C11H19NO. The first-order chi connectivity index (χ1) is 6.33. The molecule has 1 rings (SSSR count). The third kappa shape index (κ3) is 4.31. The van der Waals surface area contributed by atoms with Crippen LogP contribution in [0.5, 0.6) is 0 Å². The summed E-state index contributed by atoms with van der Waals surface area (Å²) in [5.41, 5.74) is 0. The SMILES string of the molecule is C#CCCN(C)CC1CCCCO1. The maximum absolute atomic E-state index is 5.64. The van der Waals surface area contributed by atoms with Crippen molar-refractivity contribution in [3.05, 3.63) is 0 Å². The largest absolute Gasteiger partial charge is 0.377 e. The van der Waals surface area contributed by atoms with Crippen LogP contribution in [-0.4, -0.2) is 37.7 Å². The fourth-order valence-corrected chi connectivity index (χ4v) is 1.65. The number of nitrogens with zero attached hydrogens (tertiary/aromatic N) is 1. The van der Waals surface area contributed by atoms with E-state index in [9.17, 15) is 0 Å². The second kappa shape index (κ2) is 6.01. The first-order valence-electron chi connectivity index (χ1n) is 5.06. The van der Waals surface area contributed by atoms with E-state index < -0.39 is 0 Å². The highest BCUT2D eigenvalue weighted by Gasteiger charge is 2.15. The zero-order valence-electron chi connectivity index (χ0n) is 8.46. The number of ether oxygens (including phenoxy) is 1. The van der Waals surface area contributed by atoms with Crippen LogP contribution >= 0.6 is 0 Å². The summed E-state index contributed by atoms with van der Waals surface area (Å²) < 4.78 is 5.64. The molecule has 1 heterocycles. The summed E-state index contributed by atoms with van der Waals surface area (Å²) in [5.74, 6) is 2.65. The third-order valence-electron chi connectivity index (χ3n) is 2.43. The maximum Gasteiger partial charge on any atom is 0.0701 e. The molecule has 1 fully saturated rings. The first-order valence-corrected chi connectivity index (χ1v) is 5.06. The molecule has 0 saturated carbocycles. The van der Waals surface area contributed by atoms with Crippen LogP contribution in [-0.2, 0) is 4.74 Å². The van der Waals surface area contributed by atoms with Crippen LogP contribution in [0, 0.1) is 12.3 Å². The number of rotatable bonds is 4. The van der Waals surface area contributed by atoms with Crippen LogP contribution in [0.2, 0.25) is 0 Å². The van der Waals surface area contributed by atoms with E-state index in [2.05, 4.69) is 17.9 Å². The molecule has 0 spiro atoms. The van der Waals surface area contributed by atoms with Crippen molar-refractivity contribution in [3.8, 4) is 12.3 Å². The minimum Gasteiger partial charge on any atom is -0.377 e. The van der Waals surface area contributed by atoms with Gasteiger partial charge in [0.1, 0.15) is 0 Å². The molecule has 2 nitrogen and oxygen atoms in total. The Hall–Kier alpha value is -0.520. The normalized spacial score (nSPS) is 23.0. The Morgan fingerprint density at radius 3 is 3.00 bits per heavy atom. The summed E-state index contributed by atoms with van der Waals surface area (Å²) in [4.78, 5) is 2.26. The van der Waals surface area contributed by atoms with Crippen molar-refractivity contribution in [3.63, 3.8) is 0 Å². The highest BCUT2D eigenvalue weighted by molar-refractivity contribution is 4.84. The molecule has 1 aliphatic rings. The van der Waals surface area contributed by atoms with Crippen molar-refractivity contribution in [2.75, 3.05) is 26.7 Å². The molecule has 0 N–H and O–H groups in total. The third-order valence-corrected chi connectivity index (χ3v) is 2.43. The Kier molecular flexibility index (Phi) is 4.88. The Morgan fingerprint density at radius 1 is 1.54 bits per heavy atom. The standard InChI is InChI=1S/C11H19NO/c1-3-4-8-12(2)10-11-7-5-6-9-13-11/h1,11H,4-10H2,2H3. The van der Waals surface area contributed by atoms with Crippen LogP contribution in [0.15, 0.2) is 0 Å². The van der Waals surface area contributed by atoms with Gasteiger partial charge in [-0.3, -0.25) is 0 Å². The molecule has 0 amide bonds. The summed E-state index contributed by atoms with van der Waals surface area (Å²) >= 11 is 0. The molecule has 0 aromatic rings. The minimum atomic E-state index is 0.441. The summed E-state index contributed by atoms with van der Waals surface area (Å²) in [5, 5.41) is 0. The van der Waals surface area contributed by atoms with E-state index >= 15 is 0 Å². The van der Waals surface area contributed by atoms with Crippen molar-refractivity contribution < 1.29 is 4.74 Å². The quantitative estimate of drug-likeness (QED) is 0.610. The predicted molar refractivity (Wildman–Crippen MR) is 54.5 cm³/mol. The fourth-order valence-electron chi connectivity index (χ4n) is 1.65. The molecule has 2 heteroatoms. The van der Waals surface area contributed by atoms with E-state index in [1.807, 2.05) is 0 Å². The van der Waals surface area contributed by atoms with Gasteiger partial charge in [0.25, 0.3) is 0 Å². The smallest absolute Gasteiger partial charge is 0.0701 e. The topological polar surface area (TPSA) is 12.5 Å². The zero-order chi connectivity index (χ0) is 9.52. The summed E-state index contributed by atoms with van der Waals surface area (Å²) in [6.07, 6.45) is 10.2. The van der Waals surface area contributed by atoms with E-state index in [-0.39, 0.29) is 0 Å². The van der Waals surface area contributed by atoms with Gasteiger partial charge in [0, 0.05) is 26.1 Å². The second-order valence-corrected chi connectivity index (χ2v) is 3.70. The Balaban J connectivity index is 2.11. The lowest BCUT2D eigenvalue weighted by Gasteiger charge is -2.26. The molecular weight excluding hydrogens is 162 g/mol. The number of hydrogen-bond donors (Lipinski definition) is 0. The van der Waals surface area contributed by atoms with Crippen LogP contribution in [0.25, 0.3) is 0 Å². The molecule has 0 aromatic carbocycles. The lowest BCUT2D eigenvalue weighted by molar-refractivity contribution is -0.00109. The molecule has 0 aromatic heterocycles. The summed E-state index contributed by atoms with van der Waals surface area (Å²) in [6.45, 7) is 2.95. The van der Waals surface area contributed by atoms with Gasteiger partial charge in [-0.2, -0.15) is 0 Å². The van der Waals surface area contributed by atoms with Crippen LogP contribution < -0.4 is 0 Å². The Labute approximate surface area is 81.3 Å². The summed E-state index contributed by atoms with van der Waals surface area (Å²) in [7, 11) is 2.11. The number of likely N-dealkylation sites (N-methyl/N-ethyl adjacent to an activating group) is 1. The van der Waals surface area contributed by atoms with Crippen molar-refractivity contribution in [2.24, 2.45) is 0 Å². The van der Waals surface area contributed by atoms with Crippen molar-refractivity contribution in [1.82, 2.24) is 4.90 Å². The van der Waals surface area contributed by atoms with Gasteiger partial charge >= 0.3 is 0 Å². The number of hydrogen-bond acceptors (Lipinski definition) is 2. The lowest BCUT2D eigenvalue weighted by atomic mass is 10.1. The summed E-state index contributed by atoms with van der Waals surface area (Å²) in [6, 6.07) is 0. The van der Waals surface area contributed by atoms with Crippen LogP contribution in [0.1, 0.15) is 25.7 Å². The first kappa shape index (κ1) is 10.6.